The summed E-state index contributed by atoms with van der Waals surface area (Å²) in [4.78, 5) is 27.6. The molecule has 5 nitrogen and oxygen atoms in total. The van der Waals surface area contributed by atoms with Gasteiger partial charge < -0.3 is 10.1 Å². The van der Waals surface area contributed by atoms with Crippen molar-refractivity contribution in [3.05, 3.63) is 28.5 Å². The molecular formula is C16H21ClN2O3. The smallest absolute Gasteiger partial charge is 0.308 e. The lowest BCUT2D eigenvalue weighted by Crippen LogP contribution is -2.32. The minimum atomic E-state index is -0.137. The number of nitrogens with one attached hydrogen (secondary N) is 1. The van der Waals surface area contributed by atoms with E-state index in [2.05, 4.69) is 10.3 Å². The molecule has 1 aliphatic rings. The zero-order valence-corrected chi connectivity index (χ0v) is 13.7. The Bertz CT molecular complexity index is 554. The quantitative estimate of drug-likeness (QED) is 0.683. The molecule has 0 radical (unpaired) electrons. The monoisotopic (exact) mass is 324 g/mol. The number of carbonyl (C=O) groups is 2. The summed E-state index contributed by atoms with van der Waals surface area (Å²) in [7, 11) is 1.43. The van der Waals surface area contributed by atoms with E-state index in [0.717, 1.165) is 31.2 Å². The Morgan fingerprint density at radius 3 is 2.64 bits per heavy atom. The molecule has 2 rings (SSSR count). The Balaban J connectivity index is 1.80. The lowest BCUT2D eigenvalue weighted by atomic mass is 9.82. The van der Waals surface area contributed by atoms with Crippen molar-refractivity contribution < 1.29 is 14.3 Å². The fraction of sp³-hybridized carbons (Fsp3) is 0.562. The highest BCUT2D eigenvalue weighted by molar-refractivity contribution is 6.30. The Kier molecular flexibility index (Phi) is 5.77. The Hall–Kier alpha value is -1.62. The van der Waals surface area contributed by atoms with Crippen LogP contribution >= 0.6 is 11.6 Å². The van der Waals surface area contributed by atoms with Crippen molar-refractivity contribution in [1.82, 2.24) is 10.3 Å². The van der Waals surface area contributed by atoms with Crippen LogP contribution in [0.3, 0.4) is 0 Å². The maximum absolute atomic E-state index is 12.1. The predicted molar refractivity (Wildman–Crippen MR) is 83.8 cm³/mol. The number of halogens is 1. The van der Waals surface area contributed by atoms with Crippen LogP contribution in [-0.2, 0) is 9.53 Å². The highest BCUT2D eigenvalue weighted by Crippen LogP contribution is 2.29. The maximum Gasteiger partial charge on any atom is 0.308 e. The highest BCUT2D eigenvalue weighted by Gasteiger charge is 2.27. The molecule has 1 saturated carbocycles. The molecule has 1 aromatic heterocycles. The van der Waals surface area contributed by atoms with Crippen LogP contribution in [0.4, 0.5) is 0 Å². The molecule has 1 aliphatic carbocycles. The Morgan fingerprint density at radius 2 is 2.05 bits per heavy atom. The molecule has 22 heavy (non-hydrogen) atoms. The number of pyridine rings is 1. The first-order valence-electron chi connectivity index (χ1n) is 7.49. The first-order valence-corrected chi connectivity index (χ1v) is 7.87. The second-order valence-corrected chi connectivity index (χ2v) is 6.14. The van der Waals surface area contributed by atoms with Crippen LogP contribution in [-0.4, -0.2) is 30.5 Å². The standard InChI is InChI=1S/C16H21ClN2O3/c1-10-7-13(9-18-14(10)17)15(20)19-8-11-3-5-12(6-4-11)16(21)22-2/h7,9,11-12H,3-6,8H2,1-2H3,(H,19,20)/t11-,12-. The number of nitrogens with zero attached hydrogens (tertiary/aromatic N) is 1. The number of methoxy groups -OCH3 is 1. The SMILES string of the molecule is COC(=O)[C@H]1CC[C@H](CNC(=O)c2cnc(Cl)c(C)c2)CC1. The van der Waals surface area contributed by atoms with E-state index in [1.165, 1.54) is 13.3 Å². The van der Waals surface area contributed by atoms with E-state index in [4.69, 9.17) is 16.3 Å². The minimum absolute atomic E-state index is 0.0140. The molecule has 1 aromatic rings. The van der Waals surface area contributed by atoms with Gasteiger partial charge in [-0.1, -0.05) is 11.6 Å². The molecule has 0 atom stereocenters. The number of carbonyl (C=O) groups excluding carboxylic acids is 2. The van der Waals surface area contributed by atoms with Gasteiger partial charge in [0.15, 0.2) is 0 Å². The van der Waals surface area contributed by atoms with Crippen molar-refractivity contribution in [2.24, 2.45) is 11.8 Å². The summed E-state index contributed by atoms with van der Waals surface area (Å²) in [6, 6.07) is 1.73. The van der Waals surface area contributed by atoms with E-state index < -0.39 is 0 Å². The molecule has 0 spiro atoms. The van der Waals surface area contributed by atoms with E-state index >= 15 is 0 Å². The van der Waals surface area contributed by atoms with Gasteiger partial charge in [0, 0.05) is 12.7 Å². The summed E-state index contributed by atoms with van der Waals surface area (Å²) in [6.45, 7) is 2.44. The molecule has 1 heterocycles. The predicted octanol–water partition coefficient (Wildman–Crippen LogP) is 2.75. The fourth-order valence-corrected chi connectivity index (χ4v) is 2.89. The van der Waals surface area contributed by atoms with Gasteiger partial charge >= 0.3 is 5.97 Å². The van der Waals surface area contributed by atoms with Crippen LogP contribution < -0.4 is 5.32 Å². The molecule has 6 heteroatoms. The minimum Gasteiger partial charge on any atom is -0.469 e. The first kappa shape index (κ1) is 16.7. The van der Waals surface area contributed by atoms with Gasteiger partial charge in [0.1, 0.15) is 5.15 Å². The first-order chi connectivity index (χ1) is 10.5. The summed E-state index contributed by atoms with van der Waals surface area (Å²) < 4.78 is 4.78. The van der Waals surface area contributed by atoms with Gasteiger partial charge in [0.25, 0.3) is 5.91 Å². The molecule has 120 valence electrons. The molecular weight excluding hydrogens is 304 g/mol. The zero-order valence-electron chi connectivity index (χ0n) is 12.9. The average Bonchev–Trinajstić information content (AvgIpc) is 2.54. The molecule has 0 aromatic carbocycles. The van der Waals surface area contributed by atoms with Gasteiger partial charge in [0.05, 0.1) is 18.6 Å². The molecule has 1 fully saturated rings. The number of ether oxygens (including phenoxy) is 1. The summed E-state index contributed by atoms with van der Waals surface area (Å²) >= 11 is 5.85. The van der Waals surface area contributed by atoms with Crippen molar-refractivity contribution in [3.8, 4) is 0 Å². The van der Waals surface area contributed by atoms with Gasteiger partial charge in [-0.3, -0.25) is 9.59 Å². The number of hydrogen-bond donors (Lipinski definition) is 1. The largest absolute Gasteiger partial charge is 0.469 e. The molecule has 0 saturated heterocycles. The number of aryl methyl sites for hydroxylation is 1. The van der Waals surface area contributed by atoms with Crippen molar-refractivity contribution in [2.45, 2.75) is 32.6 Å². The lowest BCUT2D eigenvalue weighted by Gasteiger charge is -2.26. The van der Waals surface area contributed by atoms with Crippen LogP contribution in [0.5, 0.6) is 0 Å². The fourth-order valence-electron chi connectivity index (χ4n) is 2.79. The number of hydrogen-bond acceptors (Lipinski definition) is 4. The van der Waals surface area contributed by atoms with E-state index in [0.29, 0.717) is 23.2 Å². The maximum atomic E-state index is 12.1. The topological polar surface area (TPSA) is 68.3 Å². The Labute approximate surface area is 135 Å². The summed E-state index contributed by atoms with van der Waals surface area (Å²) in [5, 5.41) is 3.35. The van der Waals surface area contributed by atoms with Gasteiger partial charge in [-0.2, -0.15) is 0 Å². The van der Waals surface area contributed by atoms with Crippen molar-refractivity contribution in [2.75, 3.05) is 13.7 Å². The van der Waals surface area contributed by atoms with Crippen LogP contribution in [0, 0.1) is 18.8 Å². The normalized spacial score (nSPS) is 21.2. The van der Waals surface area contributed by atoms with Crippen LogP contribution in [0.1, 0.15) is 41.6 Å². The molecule has 1 N–H and O–H groups in total. The van der Waals surface area contributed by atoms with Crippen molar-refractivity contribution in [1.29, 1.82) is 0 Å². The summed E-state index contributed by atoms with van der Waals surface area (Å²) in [6.07, 6.45) is 5.00. The molecule has 0 bridgehead atoms. The lowest BCUT2D eigenvalue weighted by molar-refractivity contribution is -0.146. The third-order valence-corrected chi connectivity index (χ3v) is 4.60. The van der Waals surface area contributed by atoms with Gasteiger partial charge in [-0.15, -0.1) is 0 Å². The van der Waals surface area contributed by atoms with Crippen molar-refractivity contribution >= 4 is 23.5 Å². The van der Waals surface area contributed by atoms with Crippen LogP contribution in [0.25, 0.3) is 0 Å². The number of amides is 1. The second kappa shape index (κ2) is 7.58. The summed E-state index contributed by atoms with van der Waals surface area (Å²) in [5.74, 6) is 0.166. The van der Waals surface area contributed by atoms with E-state index in [1.807, 2.05) is 6.92 Å². The molecule has 0 unspecified atom stereocenters. The number of rotatable bonds is 4. The van der Waals surface area contributed by atoms with Gasteiger partial charge in [-0.05, 0) is 50.2 Å². The highest BCUT2D eigenvalue weighted by atomic mass is 35.5. The van der Waals surface area contributed by atoms with Crippen LogP contribution in [0.15, 0.2) is 12.3 Å². The molecule has 1 amide bonds. The zero-order chi connectivity index (χ0) is 16.1. The molecule has 0 aliphatic heterocycles. The third kappa shape index (κ3) is 4.19. The number of esters is 1. The van der Waals surface area contributed by atoms with Gasteiger partial charge in [0.2, 0.25) is 0 Å². The number of aromatic nitrogens is 1. The van der Waals surface area contributed by atoms with E-state index in [9.17, 15) is 9.59 Å². The second-order valence-electron chi connectivity index (χ2n) is 5.78. The average molecular weight is 325 g/mol. The van der Waals surface area contributed by atoms with Crippen LogP contribution in [0.2, 0.25) is 5.15 Å². The third-order valence-electron chi connectivity index (χ3n) is 4.21. The summed E-state index contributed by atoms with van der Waals surface area (Å²) in [5.41, 5.74) is 1.30. The van der Waals surface area contributed by atoms with Crippen molar-refractivity contribution in [3.63, 3.8) is 0 Å². The Morgan fingerprint density at radius 1 is 1.36 bits per heavy atom. The van der Waals surface area contributed by atoms with Gasteiger partial charge in [-0.25, -0.2) is 4.98 Å². The van der Waals surface area contributed by atoms with E-state index in [1.54, 1.807) is 6.07 Å². The van der Waals surface area contributed by atoms with E-state index in [-0.39, 0.29) is 17.8 Å².